The fourth-order valence-electron chi connectivity index (χ4n) is 1.93. The molecule has 19 heavy (non-hydrogen) atoms. The molecule has 2 rings (SSSR count). The normalized spacial score (nSPS) is 10.4. The summed E-state index contributed by atoms with van der Waals surface area (Å²) in [6, 6.07) is 15.4. The van der Waals surface area contributed by atoms with Gasteiger partial charge in [0.15, 0.2) is 0 Å². The van der Waals surface area contributed by atoms with Gasteiger partial charge in [0.25, 0.3) is 0 Å². The molecule has 0 bridgehead atoms. The number of carboxylic acids is 1. The van der Waals surface area contributed by atoms with Crippen LogP contribution in [0.5, 0.6) is 0 Å². The van der Waals surface area contributed by atoms with Gasteiger partial charge in [-0.05, 0) is 24.1 Å². The van der Waals surface area contributed by atoms with Crippen molar-refractivity contribution in [3.63, 3.8) is 0 Å². The van der Waals surface area contributed by atoms with Crippen molar-refractivity contribution in [2.45, 2.75) is 20.0 Å². The Bertz CT molecular complexity index is 561. The first-order valence-electron chi connectivity index (χ1n) is 6.24. The van der Waals surface area contributed by atoms with Crippen LogP contribution in [0.1, 0.15) is 27.0 Å². The topological polar surface area (TPSA) is 49.3 Å². The van der Waals surface area contributed by atoms with Crippen LogP contribution < -0.4 is 5.32 Å². The van der Waals surface area contributed by atoms with Crippen molar-refractivity contribution in [3.05, 3.63) is 70.8 Å². The maximum absolute atomic E-state index is 11.1. The summed E-state index contributed by atoms with van der Waals surface area (Å²) >= 11 is 0. The van der Waals surface area contributed by atoms with Gasteiger partial charge in [0, 0.05) is 13.1 Å². The van der Waals surface area contributed by atoms with Gasteiger partial charge >= 0.3 is 5.97 Å². The van der Waals surface area contributed by atoms with Crippen molar-refractivity contribution in [3.8, 4) is 0 Å². The number of hydrogen-bond donors (Lipinski definition) is 2. The molecule has 0 amide bonds. The van der Waals surface area contributed by atoms with Crippen LogP contribution in [0.15, 0.2) is 48.5 Å². The van der Waals surface area contributed by atoms with E-state index in [2.05, 4.69) is 36.5 Å². The second kappa shape index (κ2) is 6.16. The van der Waals surface area contributed by atoms with Gasteiger partial charge in [-0.1, -0.05) is 48.0 Å². The number of hydrogen-bond acceptors (Lipinski definition) is 2. The third-order valence-corrected chi connectivity index (χ3v) is 3.01. The lowest BCUT2D eigenvalue weighted by Gasteiger charge is -2.08. The van der Waals surface area contributed by atoms with E-state index in [0.717, 1.165) is 12.1 Å². The molecule has 0 aromatic heterocycles. The molecule has 98 valence electrons. The molecule has 0 heterocycles. The highest BCUT2D eigenvalue weighted by Crippen LogP contribution is 2.09. The quantitative estimate of drug-likeness (QED) is 0.863. The summed E-state index contributed by atoms with van der Waals surface area (Å²) in [4.78, 5) is 11.1. The van der Waals surface area contributed by atoms with Gasteiger partial charge in [-0.25, -0.2) is 4.79 Å². The molecule has 2 N–H and O–H groups in total. The third-order valence-electron chi connectivity index (χ3n) is 3.01. The summed E-state index contributed by atoms with van der Waals surface area (Å²) in [5.41, 5.74) is 3.60. The van der Waals surface area contributed by atoms with E-state index in [4.69, 9.17) is 5.11 Å². The number of benzene rings is 2. The van der Waals surface area contributed by atoms with Crippen molar-refractivity contribution >= 4 is 5.97 Å². The Morgan fingerprint density at radius 1 is 1.05 bits per heavy atom. The van der Waals surface area contributed by atoms with Crippen molar-refractivity contribution < 1.29 is 9.90 Å². The molecule has 0 saturated heterocycles. The molecule has 0 fully saturated rings. The summed E-state index contributed by atoms with van der Waals surface area (Å²) in [7, 11) is 0. The lowest BCUT2D eigenvalue weighted by Crippen LogP contribution is -2.15. The number of aromatic carboxylic acids is 1. The first-order chi connectivity index (χ1) is 9.16. The third kappa shape index (κ3) is 3.66. The fraction of sp³-hybridized carbons (Fsp3) is 0.188. The van der Waals surface area contributed by atoms with E-state index in [0.29, 0.717) is 12.1 Å². The Hall–Kier alpha value is -2.13. The largest absolute Gasteiger partial charge is 0.478 e. The van der Waals surface area contributed by atoms with E-state index in [1.807, 2.05) is 12.1 Å². The van der Waals surface area contributed by atoms with Crippen LogP contribution in [-0.4, -0.2) is 11.1 Å². The van der Waals surface area contributed by atoms with Crippen LogP contribution in [0, 0.1) is 6.92 Å². The van der Waals surface area contributed by atoms with Crippen molar-refractivity contribution in [1.29, 1.82) is 0 Å². The van der Waals surface area contributed by atoms with E-state index >= 15 is 0 Å². The maximum atomic E-state index is 11.1. The van der Waals surface area contributed by atoms with Gasteiger partial charge in [-0.3, -0.25) is 0 Å². The molecule has 0 atom stereocenters. The molecule has 0 spiro atoms. The number of carboxylic acid groups (broad SMARTS) is 1. The predicted molar refractivity (Wildman–Crippen MR) is 75.1 cm³/mol. The first-order valence-corrected chi connectivity index (χ1v) is 6.24. The minimum Gasteiger partial charge on any atom is -0.478 e. The predicted octanol–water partition coefficient (Wildman–Crippen LogP) is 2.98. The monoisotopic (exact) mass is 255 g/mol. The van der Waals surface area contributed by atoms with Crippen LogP contribution in [0.2, 0.25) is 0 Å². The molecule has 0 aliphatic heterocycles. The van der Waals surface area contributed by atoms with Gasteiger partial charge in [0.1, 0.15) is 0 Å². The molecule has 2 aromatic rings. The standard InChI is InChI=1S/C16H17NO2/c1-12-6-8-13(9-7-12)10-17-11-14-4-2-3-5-15(14)16(18)19/h2-9,17H,10-11H2,1H3,(H,18,19). The number of carbonyl (C=O) groups is 1. The Labute approximate surface area is 112 Å². The average molecular weight is 255 g/mol. The minimum atomic E-state index is -0.882. The Balaban J connectivity index is 1.96. The number of nitrogens with one attached hydrogen (secondary N) is 1. The van der Waals surface area contributed by atoms with Gasteiger partial charge in [-0.2, -0.15) is 0 Å². The van der Waals surface area contributed by atoms with E-state index in [1.165, 1.54) is 11.1 Å². The molecule has 0 radical (unpaired) electrons. The van der Waals surface area contributed by atoms with Gasteiger partial charge in [0.05, 0.1) is 5.56 Å². The molecule has 0 aliphatic rings. The summed E-state index contributed by atoms with van der Waals surface area (Å²) in [5, 5.41) is 12.4. The van der Waals surface area contributed by atoms with E-state index < -0.39 is 5.97 Å². The zero-order chi connectivity index (χ0) is 13.7. The second-order valence-electron chi connectivity index (χ2n) is 4.55. The van der Waals surface area contributed by atoms with E-state index in [1.54, 1.807) is 12.1 Å². The highest BCUT2D eigenvalue weighted by Gasteiger charge is 2.07. The smallest absolute Gasteiger partial charge is 0.336 e. The molecule has 0 unspecified atom stereocenters. The SMILES string of the molecule is Cc1ccc(CNCc2ccccc2C(=O)O)cc1. The zero-order valence-corrected chi connectivity index (χ0v) is 10.9. The Morgan fingerprint density at radius 2 is 1.74 bits per heavy atom. The summed E-state index contributed by atoms with van der Waals surface area (Å²) < 4.78 is 0. The van der Waals surface area contributed by atoms with Crippen LogP contribution >= 0.6 is 0 Å². The molecular weight excluding hydrogens is 238 g/mol. The highest BCUT2D eigenvalue weighted by molar-refractivity contribution is 5.89. The van der Waals surface area contributed by atoms with Crippen LogP contribution in [-0.2, 0) is 13.1 Å². The summed E-state index contributed by atoms with van der Waals surface area (Å²) in [6.45, 7) is 3.34. The van der Waals surface area contributed by atoms with Crippen molar-refractivity contribution in [2.75, 3.05) is 0 Å². The first kappa shape index (κ1) is 13.3. The van der Waals surface area contributed by atoms with Crippen molar-refractivity contribution in [1.82, 2.24) is 5.32 Å². The van der Waals surface area contributed by atoms with Crippen LogP contribution in [0.3, 0.4) is 0 Å². The Morgan fingerprint density at radius 3 is 2.42 bits per heavy atom. The maximum Gasteiger partial charge on any atom is 0.336 e. The lowest BCUT2D eigenvalue weighted by molar-refractivity contribution is 0.0695. The molecule has 3 heteroatoms. The van der Waals surface area contributed by atoms with E-state index in [-0.39, 0.29) is 0 Å². The highest BCUT2D eigenvalue weighted by atomic mass is 16.4. The minimum absolute atomic E-state index is 0.360. The fourth-order valence-corrected chi connectivity index (χ4v) is 1.93. The average Bonchev–Trinajstić information content (AvgIpc) is 2.41. The van der Waals surface area contributed by atoms with Crippen molar-refractivity contribution in [2.24, 2.45) is 0 Å². The second-order valence-corrected chi connectivity index (χ2v) is 4.55. The van der Waals surface area contributed by atoms with Gasteiger partial charge in [-0.15, -0.1) is 0 Å². The van der Waals surface area contributed by atoms with Crippen LogP contribution in [0.25, 0.3) is 0 Å². The van der Waals surface area contributed by atoms with Gasteiger partial charge < -0.3 is 10.4 Å². The summed E-state index contributed by atoms with van der Waals surface area (Å²) in [6.07, 6.45) is 0. The zero-order valence-electron chi connectivity index (χ0n) is 10.9. The molecular formula is C16H17NO2. The van der Waals surface area contributed by atoms with Crippen LogP contribution in [0.4, 0.5) is 0 Å². The van der Waals surface area contributed by atoms with Gasteiger partial charge in [0.2, 0.25) is 0 Å². The Kier molecular flexibility index (Phi) is 4.31. The molecule has 3 nitrogen and oxygen atoms in total. The number of aryl methyl sites for hydroxylation is 1. The lowest BCUT2D eigenvalue weighted by atomic mass is 10.1. The molecule has 2 aromatic carbocycles. The summed E-state index contributed by atoms with van der Waals surface area (Å²) in [5.74, 6) is -0.882. The van der Waals surface area contributed by atoms with E-state index in [9.17, 15) is 4.79 Å². The molecule has 0 aliphatic carbocycles. The number of rotatable bonds is 5. The molecule has 0 saturated carbocycles.